The highest BCUT2D eigenvalue weighted by atomic mass is 16.6. The molecule has 4 nitrogen and oxygen atoms in total. The van der Waals surface area contributed by atoms with Crippen molar-refractivity contribution in [2.24, 2.45) is 23.2 Å². The largest absolute Gasteiger partial charge is 0.465 e. The molecule has 4 heteroatoms. The van der Waals surface area contributed by atoms with Crippen molar-refractivity contribution in [1.82, 2.24) is 0 Å². The first kappa shape index (κ1) is 21.0. The van der Waals surface area contributed by atoms with E-state index in [1.54, 1.807) is 0 Å². The Bertz CT molecular complexity index is 382. The van der Waals surface area contributed by atoms with Crippen molar-refractivity contribution in [2.45, 2.75) is 79.6 Å². The Balaban J connectivity index is 3.16. The van der Waals surface area contributed by atoms with E-state index in [1.807, 2.05) is 13.8 Å². The Hall–Kier alpha value is -1.06. The second-order valence-electron chi connectivity index (χ2n) is 7.44. The zero-order valence-electron chi connectivity index (χ0n) is 16.2. The number of hydrogen-bond donors (Lipinski definition) is 0. The number of carbonyl (C=O) groups is 2. The number of hydrogen-bond acceptors (Lipinski definition) is 4. The predicted octanol–water partition coefficient (Wildman–Crippen LogP) is 4.75. The molecule has 0 heterocycles. The van der Waals surface area contributed by atoms with Crippen molar-refractivity contribution in [3.63, 3.8) is 0 Å². The minimum atomic E-state index is -1.09. The van der Waals surface area contributed by atoms with E-state index in [2.05, 4.69) is 20.8 Å². The molecule has 0 aromatic heterocycles. The van der Waals surface area contributed by atoms with Gasteiger partial charge in [-0.1, -0.05) is 47.5 Å². The molecule has 2 atom stereocenters. The average Bonchev–Trinajstić information content (AvgIpc) is 2.96. The van der Waals surface area contributed by atoms with Gasteiger partial charge >= 0.3 is 11.9 Å². The molecular formula is C20H36O4. The van der Waals surface area contributed by atoms with Crippen LogP contribution in [-0.2, 0) is 19.1 Å². The highest BCUT2D eigenvalue weighted by Crippen LogP contribution is 2.53. The van der Waals surface area contributed by atoms with Crippen LogP contribution in [0.15, 0.2) is 0 Å². The standard InChI is InChI=1S/C20H36O4/c1-6-9-10-17-16(15(4)5)11-12-20(17,18(21)23-13-7-2)19(22)24-14-8-3/h15-17H,6-14H2,1-5H3. The van der Waals surface area contributed by atoms with Crippen molar-refractivity contribution in [3.8, 4) is 0 Å². The molecule has 140 valence electrons. The lowest BCUT2D eigenvalue weighted by atomic mass is 9.70. The van der Waals surface area contributed by atoms with Gasteiger partial charge < -0.3 is 9.47 Å². The zero-order valence-corrected chi connectivity index (χ0v) is 16.2. The van der Waals surface area contributed by atoms with Crippen LogP contribution >= 0.6 is 0 Å². The third-order valence-corrected chi connectivity index (χ3v) is 5.35. The SMILES string of the molecule is CCCCC1C(C(C)C)CCC1(C(=O)OCCC)C(=O)OCCC. The fourth-order valence-electron chi connectivity index (χ4n) is 4.07. The molecule has 0 N–H and O–H groups in total. The first-order valence-electron chi connectivity index (χ1n) is 9.80. The van der Waals surface area contributed by atoms with Gasteiger partial charge in [0.25, 0.3) is 0 Å². The van der Waals surface area contributed by atoms with E-state index in [0.717, 1.165) is 38.5 Å². The van der Waals surface area contributed by atoms with Gasteiger partial charge in [-0.2, -0.15) is 0 Å². The van der Waals surface area contributed by atoms with Crippen LogP contribution in [0.3, 0.4) is 0 Å². The van der Waals surface area contributed by atoms with E-state index >= 15 is 0 Å². The predicted molar refractivity (Wildman–Crippen MR) is 95.5 cm³/mol. The van der Waals surface area contributed by atoms with Gasteiger partial charge in [-0.05, 0) is 49.9 Å². The van der Waals surface area contributed by atoms with Gasteiger partial charge in [0, 0.05) is 0 Å². The number of esters is 2. The lowest BCUT2D eigenvalue weighted by Crippen LogP contribution is -2.46. The molecule has 0 spiro atoms. The molecule has 1 saturated carbocycles. The molecule has 2 unspecified atom stereocenters. The molecule has 24 heavy (non-hydrogen) atoms. The molecule has 1 aliphatic carbocycles. The van der Waals surface area contributed by atoms with Crippen LogP contribution in [0.1, 0.15) is 79.6 Å². The maximum atomic E-state index is 12.9. The molecule has 1 aliphatic rings. The van der Waals surface area contributed by atoms with Gasteiger partial charge in [0.2, 0.25) is 0 Å². The maximum Gasteiger partial charge on any atom is 0.323 e. The molecule has 0 amide bonds. The first-order valence-corrected chi connectivity index (χ1v) is 9.80. The molecule has 0 saturated heterocycles. The summed E-state index contributed by atoms with van der Waals surface area (Å²) in [5, 5.41) is 0. The molecule has 1 rings (SSSR count). The van der Waals surface area contributed by atoms with Crippen LogP contribution in [-0.4, -0.2) is 25.2 Å². The summed E-state index contributed by atoms with van der Waals surface area (Å²) in [6.07, 6.45) is 5.97. The van der Waals surface area contributed by atoms with E-state index in [0.29, 0.717) is 31.5 Å². The summed E-state index contributed by atoms with van der Waals surface area (Å²) in [6, 6.07) is 0. The molecule has 0 aromatic carbocycles. The third kappa shape index (κ3) is 4.52. The summed E-state index contributed by atoms with van der Waals surface area (Å²) in [6.45, 7) is 11.2. The van der Waals surface area contributed by atoms with E-state index < -0.39 is 5.41 Å². The van der Waals surface area contributed by atoms with Gasteiger partial charge in [0.15, 0.2) is 5.41 Å². The lowest BCUT2D eigenvalue weighted by Gasteiger charge is -2.34. The minimum Gasteiger partial charge on any atom is -0.465 e. The quantitative estimate of drug-likeness (QED) is 0.425. The molecule has 0 aromatic rings. The van der Waals surface area contributed by atoms with Gasteiger partial charge in [0.05, 0.1) is 13.2 Å². The van der Waals surface area contributed by atoms with E-state index in [1.165, 1.54) is 0 Å². The Labute approximate surface area is 147 Å². The zero-order chi connectivity index (χ0) is 18.2. The summed E-state index contributed by atoms with van der Waals surface area (Å²) in [7, 11) is 0. The molecule has 0 bridgehead atoms. The van der Waals surface area contributed by atoms with Gasteiger partial charge in [-0.15, -0.1) is 0 Å². The summed E-state index contributed by atoms with van der Waals surface area (Å²) in [5.74, 6) is 0.155. The third-order valence-electron chi connectivity index (χ3n) is 5.35. The monoisotopic (exact) mass is 340 g/mol. The molecule has 0 radical (unpaired) electrons. The Morgan fingerprint density at radius 2 is 1.54 bits per heavy atom. The van der Waals surface area contributed by atoms with E-state index in [4.69, 9.17) is 9.47 Å². The van der Waals surface area contributed by atoms with Crippen LogP contribution in [0.2, 0.25) is 0 Å². The van der Waals surface area contributed by atoms with Crippen LogP contribution < -0.4 is 0 Å². The number of carbonyl (C=O) groups excluding carboxylic acids is 2. The van der Waals surface area contributed by atoms with Crippen molar-refractivity contribution in [3.05, 3.63) is 0 Å². The molecule has 1 fully saturated rings. The number of rotatable bonds is 10. The summed E-state index contributed by atoms with van der Waals surface area (Å²) in [4.78, 5) is 25.9. The molecular weight excluding hydrogens is 304 g/mol. The van der Waals surface area contributed by atoms with Crippen molar-refractivity contribution >= 4 is 11.9 Å². The summed E-state index contributed by atoms with van der Waals surface area (Å²) >= 11 is 0. The number of ether oxygens (including phenoxy) is 2. The number of unbranched alkanes of at least 4 members (excludes halogenated alkanes) is 1. The average molecular weight is 341 g/mol. The smallest absolute Gasteiger partial charge is 0.323 e. The fraction of sp³-hybridized carbons (Fsp3) is 0.900. The summed E-state index contributed by atoms with van der Waals surface area (Å²) in [5.41, 5.74) is -1.09. The topological polar surface area (TPSA) is 52.6 Å². The molecule has 0 aliphatic heterocycles. The Morgan fingerprint density at radius 1 is 1.00 bits per heavy atom. The van der Waals surface area contributed by atoms with Gasteiger partial charge in [-0.25, -0.2) is 0 Å². The van der Waals surface area contributed by atoms with E-state index in [9.17, 15) is 9.59 Å². The highest BCUT2D eigenvalue weighted by molar-refractivity contribution is 6.01. The fourth-order valence-corrected chi connectivity index (χ4v) is 4.07. The van der Waals surface area contributed by atoms with Gasteiger partial charge in [0.1, 0.15) is 0 Å². The van der Waals surface area contributed by atoms with Gasteiger partial charge in [-0.3, -0.25) is 9.59 Å². The van der Waals surface area contributed by atoms with Crippen molar-refractivity contribution in [1.29, 1.82) is 0 Å². The lowest BCUT2D eigenvalue weighted by molar-refractivity contribution is -0.177. The van der Waals surface area contributed by atoms with E-state index in [-0.39, 0.29) is 17.9 Å². The second-order valence-corrected chi connectivity index (χ2v) is 7.44. The first-order chi connectivity index (χ1) is 11.4. The normalized spacial score (nSPS) is 22.6. The second kappa shape index (κ2) is 10.0. The Kier molecular flexibility index (Phi) is 8.79. The van der Waals surface area contributed by atoms with Crippen LogP contribution in [0.25, 0.3) is 0 Å². The maximum absolute atomic E-state index is 12.9. The minimum absolute atomic E-state index is 0.0335. The van der Waals surface area contributed by atoms with Crippen LogP contribution in [0.4, 0.5) is 0 Å². The van der Waals surface area contributed by atoms with Crippen LogP contribution in [0, 0.1) is 23.2 Å². The Morgan fingerprint density at radius 3 is 1.96 bits per heavy atom. The summed E-state index contributed by atoms with van der Waals surface area (Å²) < 4.78 is 11.0. The van der Waals surface area contributed by atoms with Crippen molar-refractivity contribution in [2.75, 3.05) is 13.2 Å². The van der Waals surface area contributed by atoms with Crippen molar-refractivity contribution < 1.29 is 19.1 Å². The van der Waals surface area contributed by atoms with Crippen LogP contribution in [0.5, 0.6) is 0 Å². The highest BCUT2D eigenvalue weighted by Gasteiger charge is 2.60.